The second-order valence-electron chi connectivity index (χ2n) is 5.90. The van der Waals surface area contributed by atoms with Gasteiger partial charge in [0.15, 0.2) is 0 Å². The molecule has 0 bridgehead atoms. The van der Waals surface area contributed by atoms with E-state index in [2.05, 4.69) is 10.3 Å². The van der Waals surface area contributed by atoms with Gasteiger partial charge in [-0.25, -0.2) is 9.37 Å². The molecule has 3 aromatic carbocycles. The van der Waals surface area contributed by atoms with Crippen molar-refractivity contribution in [2.45, 2.75) is 6.92 Å². The fraction of sp³-hybridized carbons (Fsp3) is 0.0476. The van der Waals surface area contributed by atoms with Crippen LogP contribution in [0.15, 0.2) is 66.7 Å². The highest BCUT2D eigenvalue weighted by Crippen LogP contribution is 2.33. The summed E-state index contributed by atoms with van der Waals surface area (Å²) in [5.74, 6) is -0.490. The molecule has 0 atom stereocenters. The van der Waals surface area contributed by atoms with Gasteiger partial charge in [0.2, 0.25) is 0 Å². The zero-order chi connectivity index (χ0) is 18.1. The number of benzene rings is 3. The molecule has 1 N–H and O–H groups in total. The minimum Gasteiger partial charge on any atom is -0.312 e. The zero-order valence-electron chi connectivity index (χ0n) is 14.0. The molecule has 0 fully saturated rings. The average molecular weight is 362 g/mol. The fourth-order valence-electron chi connectivity index (χ4n) is 2.91. The highest BCUT2D eigenvalue weighted by Gasteiger charge is 2.16. The van der Waals surface area contributed by atoms with Crippen LogP contribution in [0.2, 0.25) is 0 Å². The molecule has 5 heteroatoms. The lowest BCUT2D eigenvalue weighted by atomic mass is 10.0. The van der Waals surface area contributed by atoms with Crippen LogP contribution in [0.3, 0.4) is 0 Å². The second-order valence-corrected chi connectivity index (χ2v) is 7.10. The van der Waals surface area contributed by atoms with Crippen LogP contribution in [0.5, 0.6) is 0 Å². The number of fused-ring (bicyclic) bond motifs is 1. The SMILES string of the molecule is Cc1nc(-c2ccc(F)cc2)c(NC(=O)c2cccc3ccccc23)s1. The minimum absolute atomic E-state index is 0.186. The summed E-state index contributed by atoms with van der Waals surface area (Å²) in [7, 11) is 0. The Kier molecular flexibility index (Phi) is 4.22. The van der Waals surface area contributed by atoms with Crippen LogP contribution < -0.4 is 5.32 Å². The number of rotatable bonds is 3. The van der Waals surface area contributed by atoms with Crippen LogP contribution in [0, 0.1) is 12.7 Å². The van der Waals surface area contributed by atoms with Gasteiger partial charge in [-0.1, -0.05) is 36.4 Å². The molecule has 4 aromatic rings. The predicted molar refractivity (Wildman–Crippen MR) is 104 cm³/mol. The third-order valence-electron chi connectivity index (χ3n) is 4.11. The molecule has 0 aliphatic rings. The Bertz CT molecular complexity index is 1100. The number of nitrogens with one attached hydrogen (secondary N) is 1. The number of amides is 1. The van der Waals surface area contributed by atoms with Crippen molar-refractivity contribution < 1.29 is 9.18 Å². The first-order chi connectivity index (χ1) is 12.6. The summed E-state index contributed by atoms with van der Waals surface area (Å²) < 4.78 is 13.2. The first kappa shape index (κ1) is 16.4. The highest BCUT2D eigenvalue weighted by atomic mass is 32.1. The van der Waals surface area contributed by atoms with Crippen molar-refractivity contribution in [2.75, 3.05) is 5.32 Å². The smallest absolute Gasteiger partial charge is 0.256 e. The highest BCUT2D eigenvalue weighted by molar-refractivity contribution is 7.16. The van der Waals surface area contributed by atoms with Crippen LogP contribution in [-0.4, -0.2) is 10.9 Å². The van der Waals surface area contributed by atoms with Gasteiger partial charge in [0.25, 0.3) is 5.91 Å². The van der Waals surface area contributed by atoms with Crippen molar-refractivity contribution in [2.24, 2.45) is 0 Å². The van der Waals surface area contributed by atoms with E-state index in [1.807, 2.05) is 49.4 Å². The van der Waals surface area contributed by atoms with Crippen molar-refractivity contribution in [1.29, 1.82) is 0 Å². The van der Waals surface area contributed by atoms with Gasteiger partial charge in [-0.3, -0.25) is 4.79 Å². The third-order valence-corrected chi connectivity index (χ3v) is 5.00. The van der Waals surface area contributed by atoms with Gasteiger partial charge in [-0.2, -0.15) is 0 Å². The third kappa shape index (κ3) is 3.09. The number of halogens is 1. The molecule has 0 saturated heterocycles. The number of carbonyl (C=O) groups is 1. The zero-order valence-corrected chi connectivity index (χ0v) is 14.8. The number of hydrogen-bond donors (Lipinski definition) is 1. The molecular weight excluding hydrogens is 347 g/mol. The maximum atomic E-state index is 13.2. The Balaban J connectivity index is 1.71. The average Bonchev–Trinajstić information content (AvgIpc) is 3.02. The second kappa shape index (κ2) is 6.69. The molecular formula is C21H15FN2OS. The van der Waals surface area contributed by atoms with Gasteiger partial charge in [0, 0.05) is 11.1 Å². The van der Waals surface area contributed by atoms with E-state index in [1.165, 1.54) is 23.5 Å². The minimum atomic E-state index is -0.304. The lowest BCUT2D eigenvalue weighted by Gasteiger charge is -2.08. The topological polar surface area (TPSA) is 42.0 Å². The maximum absolute atomic E-state index is 13.2. The molecule has 0 unspecified atom stereocenters. The van der Waals surface area contributed by atoms with E-state index in [4.69, 9.17) is 0 Å². The molecule has 4 rings (SSSR count). The summed E-state index contributed by atoms with van der Waals surface area (Å²) in [6.07, 6.45) is 0. The molecule has 1 amide bonds. The Hall–Kier alpha value is -3.05. The van der Waals surface area contributed by atoms with Gasteiger partial charge in [0.1, 0.15) is 16.5 Å². The first-order valence-electron chi connectivity index (χ1n) is 8.14. The van der Waals surface area contributed by atoms with Gasteiger partial charge < -0.3 is 5.32 Å². The van der Waals surface area contributed by atoms with E-state index in [0.29, 0.717) is 16.3 Å². The molecule has 3 nitrogen and oxygen atoms in total. The lowest BCUT2D eigenvalue weighted by molar-refractivity contribution is 0.102. The normalized spacial score (nSPS) is 10.8. The van der Waals surface area contributed by atoms with Crippen molar-refractivity contribution >= 4 is 33.0 Å². The van der Waals surface area contributed by atoms with Gasteiger partial charge in [0.05, 0.1) is 5.01 Å². The van der Waals surface area contributed by atoms with Crippen LogP contribution in [0.4, 0.5) is 9.39 Å². The van der Waals surface area contributed by atoms with Crippen LogP contribution >= 0.6 is 11.3 Å². The molecule has 0 saturated carbocycles. The monoisotopic (exact) mass is 362 g/mol. The van der Waals surface area contributed by atoms with Crippen molar-refractivity contribution in [3.8, 4) is 11.3 Å². The Morgan fingerprint density at radius 2 is 1.73 bits per heavy atom. The van der Waals surface area contributed by atoms with E-state index in [-0.39, 0.29) is 11.7 Å². The van der Waals surface area contributed by atoms with E-state index < -0.39 is 0 Å². The number of anilines is 1. The summed E-state index contributed by atoms with van der Waals surface area (Å²) in [4.78, 5) is 17.4. The molecule has 26 heavy (non-hydrogen) atoms. The van der Waals surface area contributed by atoms with Crippen molar-refractivity contribution in [1.82, 2.24) is 4.98 Å². The number of hydrogen-bond acceptors (Lipinski definition) is 3. The van der Waals surface area contributed by atoms with Crippen LogP contribution in [-0.2, 0) is 0 Å². The van der Waals surface area contributed by atoms with Crippen LogP contribution in [0.1, 0.15) is 15.4 Å². The summed E-state index contributed by atoms with van der Waals surface area (Å²) in [6.45, 7) is 1.88. The quantitative estimate of drug-likeness (QED) is 0.511. The number of aromatic nitrogens is 1. The Morgan fingerprint density at radius 1 is 1.00 bits per heavy atom. The predicted octanol–water partition coefficient (Wildman–Crippen LogP) is 5.66. The largest absolute Gasteiger partial charge is 0.312 e. The lowest BCUT2D eigenvalue weighted by Crippen LogP contribution is -2.12. The van der Waals surface area contributed by atoms with Crippen molar-refractivity contribution in [3.05, 3.63) is 83.1 Å². The van der Waals surface area contributed by atoms with E-state index in [1.54, 1.807) is 12.1 Å². The summed E-state index contributed by atoms with van der Waals surface area (Å²) in [5.41, 5.74) is 2.03. The molecule has 0 spiro atoms. The van der Waals surface area contributed by atoms with E-state index >= 15 is 0 Å². The standard InChI is InChI=1S/C21H15FN2OS/c1-13-23-19(15-9-11-16(22)12-10-15)21(26-13)24-20(25)18-8-4-6-14-5-2-3-7-17(14)18/h2-12H,1H3,(H,24,25). The number of nitrogens with zero attached hydrogens (tertiary/aromatic N) is 1. The maximum Gasteiger partial charge on any atom is 0.256 e. The molecule has 0 radical (unpaired) electrons. The van der Waals surface area contributed by atoms with Crippen molar-refractivity contribution in [3.63, 3.8) is 0 Å². The van der Waals surface area contributed by atoms with Crippen LogP contribution in [0.25, 0.3) is 22.0 Å². The number of thiazole rings is 1. The fourth-order valence-corrected chi connectivity index (χ4v) is 3.75. The van der Waals surface area contributed by atoms with E-state index in [0.717, 1.165) is 21.3 Å². The Morgan fingerprint density at radius 3 is 2.54 bits per heavy atom. The van der Waals surface area contributed by atoms with Gasteiger partial charge >= 0.3 is 0 Å². The first-order valence-corrected chi connectivity index (χ1v) is 8.96. The van der Waals surface area contributed by atoms with Gasteiger partial charge in [-0.15, -0.1) is 11.3 Å². The molecule has 0 aliphatic heterocycles. The molecule has 1 heterocycles. The number of aryl methyl sites for hydroxylation is 1. The van der Waals surface area contributed by atoms with Gasteiger partial charge in [-0.05, 0) is 48.0 Å². The summed E-state index contributed by atoms with van der Waals surface area (Å²) in [6, 6.07) is 19.5. The van der Waals surface area contributed by atoms with E-state index in [9.17, 15) is 9.18 Å². The summed E-state index contributed by atoms with van der Waals surface area (Å²) >= 11 is 1.40. The molecule has 0 aliphatic carbocycles. The summed E-state index contributed by atoms with van der Waals surface area (Å²) in [5, 5.41) is 6.38. The molecule has 1 aromatic heterocycles. The molecule has 128 valence electrons. The Labute approximate surface area is 154 Å². The number of carbonyl (C=O) groups excluding carboxylic acids is 1.